The van der Waals surface area contributed by atoms with Crippen molar-refractivity contribution in [1.82, 2.24) is 0 Å². The lowest BCUT2D eigenvalue weighted by Gasteiger charge is -2.39. The van der Waals surface area contributed by atoms with Crippen LogP contribution < -0.4 is 11.5 Å². The average Bonchev–Trinajstić information content (AvgIpc) is 2.23. The van der Waals surface area contributed by atoms with Gasteiger partial charge in [-0.15, -0.1) is 0 Å². The van der Waals surface area contributed by atoms with Crippen molar-refractivity contribution in [2.75, 3.05) is 0 Å². The molecular formula is C14H18N2. The molecule has 16 heavy (non-hydrogen) atoms. The topological polar surface area (TPSA) is 52.0 Å². The predicted octanol–water partition coefficient (Wildman–Crippen LogP) is 2.28. The van der Waals surface area contributed by atoms with E-state index in [2.05, 4.69) is 32.1 Å². The lowest BCUT2D eigenvalue weighted by Crippen LogP contribution is -2.58. The van der Waals surface area contributed by atoms with E-state index in [1.165, 1.54) is 11.1 Å². The van der Waals surface area contributed by atoms with Crippen LogP contribution in [0.4, 0.5) is 0 Å². The normalized spacial score (nSPS) is 21.6. The molecule has 0 amide bonds. The van der Waals surface area contributed by atoms with E-state index < -0.39 is 5.66 Å². The third kappa shape index (κ3) is 1.82. The van der Waals surface area contributed by atoms with Crippen molar-refractivity contribution < 1.29 is 0 Å². The van der Waals surface area contributed by atoms with Gasteiger partial charge < -0.3 is 11.5 Å². The van der Waals surface area contributed by atoms with Gasteiger partial charge >= 0.3 is 0 Å². The molecule has 1 aromatic rings. The number of allylic oxidation sites excluding steroid dienone is 2. The molecule has 2 nitrogen and oxygen atoms in total. The van der Waals surface area contributed by atoms with E-state index in [-0.39, 0.29) is 5.41 Å². The summed E-state index contributed by atoms with van der Waals surface area (Å²) in [6, 6.07) is 10.3. The molecular weight excluding hydrogens is 196 g/mol. The van der Waals surface area contributed by atoms with Crippen LogP contribution in [0, 0.1) is 5.41 Å². The largest absolute Gasteiger partial charge is 0.309 e. The van der Waals surface area contributed by atoms with E-state index in [0.717, 1.165) is 0 Å². The fourth-order valence-corrected chi connectivity index (χ4v) is 1.81. The van der Waals surface area contributed by atoms with Crippen molar-refractivity contribution >= 4 is 5.57 Å². The number of benzene rings is 1. The van der Waals surface area contributed by atoms with Gasteiger partial charge in [-0.25, -0.2) is 0 Å². The summed E-state index contributed by atoms with van der Waals surface area (Å²) in [7, 11) is 0. The Kier molecular flexibility index (Phi) is 2.49. The van der Waals surface area contributed by atoms with Gasteiger partial charge in [-0.2, -0.15) is 0 Å². The molecule has 0 heterocycles. The zero-order valence-electron chi connectivity index (χ0n) is 9.77. The molecule has 0 spiro atoms. The van der Waals surface area contributed by atoms with Crippen molar-refractivity contribution in [1.29, 1.82) is 0 Å². The van der Waals surface area contributed by atoms with Gasteiger partial charge in [0.1, 0.15) is 0 Å². The highest BCUT2D eigenvalue weighted by Crippen LogP contribution is 2.36. The second-order valence-corrected chi connectivity index (χ2v) is 4.95. The smallest absolute Gasteiger partial charge is 0.0919 e. The van der Waals surface area contributed by atoms with Crippen LogP contribution in [0.3, 0.4) is 0 Å². The molecule has 0 aromatic heterocycles. The second kappa shape index (κ2) is 3.58. The quantitative estimate of drug-likeness (QED) is 0.705. The zero-order valence-corrected chi connectivity index (χ0v) is 9.77. The highest BCUT2D eigenvalue weighted by molar-refractivity contribution is 5.76. The Hall–Kier alpha value is -1.38. The fourth-order valence-electron chi connectivity index (χ4n) is 1.81. The van der Waals surface area contributed by atoms with Gasteiger partial charge in [-0.05, 0) is 17.2 Å². The van der Waals surface area contributed by atoms with Gasteiger partial charge in [0.2, 0.25) is 0 Å². The molecule has 1 aliphatic rings. The fraction of sp³-hybridized carbons (Fsp3) is 0.286. The standard InChI is InChI=1S/C14H18N2/c1-13(2)10-12(8-9-14(13,15)16)11-6-4-3-5-7-11/h3-10H,15-16H2,1-2H3. The molecule has 0 atom stereocenters. The van der Waals surface area contributed by atoms with Crippen LogP contribution in [0.25, 0.3) is 5.57 Å². The lowest BCUT2D eigenvalue weighted by atomic mass is 9.74. The van der Waals surface area contributed by atoms with Gasteiger partial charge in [0.15, 0.2) is 0 Å². The van der Waals surface area contributed by atoms with Gasteiger partial charge in [-0.3, -0.25) is 0 Å². The minimum Gasteiger partial charge on any atom is -0.309 e. The van der Waals surface area contributed by atoms with Gasteiger partial charge in [0.05, 0.1) is 5.66 Å². The Labute approximate surface area is 96.6 Å². The van der Waals surface area contributed by atoms with E-state index in [1.807, 2.05) is 30.4 Å². The van der Waals surface area contributed by atoms with Crippen molar-refractivity contribution in [3.63, 3.8) is 0 Å². The summed E-state index contributed by atoms with van der Waals surface area (Å²) in [4.78, 5) is 0. The average molecular weight is 214 g/mol. The molecule has 2 rings (SSSR count). The second-order valence-electron chi connectivity index (χ2n) is 4.95. The van der Waals surface area contributed by atoms with Crippen LogP contribution >= 0.6 is 0 Å². The highest BCUT2D eigenvalue weighted by atomic mass is 15.0. The summed E-state index contributed by atoms with van der Waals surface area (Å²) >= 11 is 0. The van der Waals surface area contributed by atoms with Crippen LogP contribution in [-0.2, 0) is 0 Å². The molecule has 0 fully saturated rings. The lowest BCUT2D eigenvalue weighted by molar-refractivity contribution is 0.290. The molecule has 1 aliphatic carbocycles. The van der Waals surface area contributed by atoms with E-state index in [0.29, 0.717) is 0 Å². The number of hydrogen-bond donors (Lipinski definition) is 2. The Bertz CT molecular complexity index is 439. The molecule has 0 unspecified atom stereocenters. The van der Waals surface area contributed by atoms with Gasteiger partial charge in [0, 0.05) is 5.41 Å². The van der Waals surface area contributed by atoms with E-state index >= 15 is 0 Å². The van der Waals surface area contributed by atoms with Crippen LogP contribution in [-0.4, -0.2) is 5.66 Å². The molecule has 84 valence electrons. The van der Waals surface area contributed by atoms with Crippen molar-refractivity contribution in [2.45, 2.75) is 19.5 Å². The highest BCUT2D eigenvalue weighted by Gasteiger charge is 2.36. The summed E-state index contributed by atoms with van der Waals surface area (Å²) in [5, 5.41) is 0. The van der Waals surface area contributed by atoms with Crippen LogP contribution in [0.5, 0.6) is 0 Å². The third-order valence-corrected chi connectivity index (χ3v) is 3.28. The van der Waals surface area contributed by atoms with E-state index in [4.69, 9.17) is 11.5 Å². The zero-order chi connectivity index (χ0) is 11.8. The Balaban J connectivity index is 2.41. The summed E-state index contributed by atoms with van der Waals surface area (Å²) in [6.45, 7) is 4.11. The molecule has 0 saturated carbocycles. The molecule has 2 heteroatoms. The number of rotatable bonds is 1. The van der Waals surface area contributed by atoms with Gasteiger partial charge in [0.25, 0.3) is 0 Å². The summed E-state index contributed by atoms with van der Waals surface area (Å²) in [5.74, 6) is 0. The molecule has 1 aromatic carbocycles. The Morgan fingerprint density at radius 1 is 1.00 bits per heavy atom. The Morgan fingerprint density at radius 2 is 1.62 bits per heavy atom. The molecule has 0 saturated heterocycles. The first-order valence-electron chi connectivity index (χ1n) is 5.48. The number of hydrogen-bond acceptors (Lipinski definition) is 2. The molecule has 0 radical (unpaired) electrons. The van der Waals surface area contributed by atoms with Crippen molar-refractivity contribution in [3.05, 3.63) is 54.1 Å². The monoisotopic (exact) mass is 214 g/mol. The van der Waals surface area contributed by atoms with Gasteiger partial charge in [-0.1, -0.05) is 56.3 Å². The number of nitrogens with two attached hydrogens (primary N) is 2. The van der Waals surface area contributed by atoms with E-state index in [1.54, 1.807) is 0 Å². The van der Waals surface area contributed by atoms with E-state index in [9.17, 15) is 0 Å². The minimum absolute atomic E-state index is 0.243. The van der Waals surface area contributed by atoms with Crippen LogP contribution in [0.2, 0.25) is 0 Å². The maximum Gasteiger partial charge on any atom is 0.0919 e. The summed E-state index contributed by atoms with van der Waals surface area (Å²) in [6.07, 6.45) is 6.03. The maximum absolute atomic E-state index is 6.04. The van der Waals surface area contributed by atoms with Crippen molar-refractivity contribution in [3.8, 4) is 0 Å². The predicted molar refractivity (Wildman–Crippen MR) is 68.4 cm³/mol. The van der Waals surface area contributed by atoms with Crippen molar-refractivity contribution in [2.24, 2.45) is 16.9 Å². The third-order valence-electron chi connectivity index (χ3n) is 3.28. The first-order chi connectivity index (χ1) is 7.42. The summed E-state index contributed by atoms with van der Waals surface area (Å²) < 4.78 is 0. The first kappa shape index (κ1) is 11.1. The Morgan fingerprint density at radius 3 is 2.19 bits per heavy atom. The molecule has 0 bridgehead atoms. The SMILES string of the molecule is CC1(C)C=C(c2ccccc2)C=CC1(N)N. The summed E-state index contributed by atoms with van der Waals surface area (Å²) in [5.41, 5.74) is 13.4. The first-order valence-corrected chi connectivity index (χ1v) is 5.48. The van der Waals surface area contributed by atoms with Crippen LogP contribution in [0.1, 0.15) is 19.4 Å². The maximum atomic E-state index is 6.04. The van der Waals surface area contributed by atoms with Crippen LogP contribution in [0.15, 0.2) is 48.6 Å². The minimum atomic E-state index is -0.773. The molecule has 4 N–H and O–H groups in total. The molecule has 0 aliphatic heterocycles.